The van der Waals surface area contributed by atoms with Gasteiger partial charge in [-0.25, -0.2) is 0 Å². The van der Waals surface area contributed by atoms with Crippen LogP contribution in [0.1, 0.15) is 59.8 Å². The van der Waals surface area contributed by atoms with E-state index in [0.717, 1.165) is 17.7 Å². The summed E-state index contributed by atoms with van der Waals surface area (Å²) in [6, 6.07) is 7.14. The first-order chi connectivity index (χ1) is 14.9. The van der Waals surface area contributed by atoms with E-state index in [1.807, 2.05) is 30.9 Å². The van der Waals surface area contributed by atoms with Crippen LogP contribution in [0.4, 0.5) is 0 Å². The van der Waals surface area contributed by atoms with Gasteiger partial charge < -0.3 is 24.1 Å². The second-order valence-corrected chi connectivity index (χ2v) is 8.55. The molecule has 4 rings (SSSR count). The fourth-order valence-electron chi connectivity index (χ4n) is 4.77. The highest BCUT2D eigenvalue weighted by atomic mass is 16.5. The Kier molecular flexibility index (Phi) is 5.79. The van der Waals surface area contributed by atoms with Crippen molar-refractivity contribution in [1.82, 2.24) is 9.88 Å². The van der Waals surface area contributed by atoms with Gasteiger partial charge in [0.05, 0.1) is 32.0 Å². The molecule has 31 heavy (non-hydrogen) atoms. The van der Waals surface area contributed by atoms with Gasteiger partial charge in [0, 0.05) is 24.8 Å². The van der Waals surface area contributed by atoms with Crippen LogP contribution in [0.5, 0.6) is 11.5 Å². The van der Waals surface area contributed by atoms with E-state index >= 15 is 0 Å². The molecule has 7 heteroatoms. The molecule has 0 unspecified atom stereocenters. The van der Waals surface area contributed by atoms with E-state index in [0.29, 0.717) is 49.5 Å². The average molecular weight is 427 g/mol. The van der Waals surface area contributed by atoms with Gasteiger partial charge in [-0.05, 0) is 54.5 Å². The van der Waals surface area contributed by atoms with E-state index in [4.69, 9.17) is 14.2 Å². The van der Waals surface area contributed by atoms with Gasteiger partial charge in [-0.1, -0.05) is 13.8 Å². The van der Waals surface area contributed by atoms with Crippen LogP contribution in [0.2, 0.25) is 0 Å². The quantitative estimate of drug-likeness (QED) is 0.812. The number of likely N-dealkylation sites (tertiary alicyclic amines) is 1. The van der Waals surface area contributed by atoms with Crippen molar-refractivity contribution in [3.63, 3.8) is 0 Å². The fraction of sp³-hybridized carbons (Fsp3) is 0.500. The second kappa shape index (κ2) is 8.38. The summed E-state index contributed by atoms with van der Waals surface area (Å²) in [5.74, 6) is 1.43. The standard InChI is InChI=1S/C24H30N2O5/c1-15(2)22-17(5-6-21(27)25-22)23(28)26-10-8-24(9-11-26)18-14-20(30-4)19(29-3)13-16(18)7-12-31-24/h5-6,13-15H,7-12H2,1-4H3,(H,25,27). The smallest absolute Gasteiger partial charge is 0.255 e. The summed E-state index contributed by atoms with van der Waals surface area (Å²) in [6.07, 6.45) is 2.25. The molecule has 2 aromatic rings. The predicted molar refractivity (Wildman–Crippen MR) is 117 cm³/mol. The first-order valence-corrected chi connectivity index (χ1v) is 10.8. The highest BCUT2D eigenvalue weighted by Crippen LogP contribution is 2.45. The van der Waals surface area contributed by atoms with Crippen molar-refractivity contribution in [2.75, 3.05) is 33.9 Å². The molecule has 1 spiro atoms. The SMILES string of the molecule is COc1cc2c(cc1OC)C1(CCN(C(=O)c3ccc(=O)[nH]c3C(C)C)CC1)OCC2. The molecule has 0 bridgehead atoms. The molecule has 3 heterocycles. The van der Waals surface area contributed by atoms with Crippen molar-refractivity contribution in [2.24, 2.45) is 0 Å². The minimum atomic E-state index is -0.421. The molecule has 7 nitrogen and oxygen atoms in total. The maximum absolute atomic E-state index is 13.3. The molecule has 0 atom stereocenters. The molecular weight excluding hydrogens is 396 g/mol. The summed E-state index contributed by atoms with van der Waals surface area (Å²) in [5.41, 5.74) is 3.00. The minimum Gasteiger partial charge on any atom is -0.493 e. The minimum absolute atomic E-state index is 0.0434. The van der Waals surface area contributed by atoms with Gasteiger partial charge in [-0.15, -0.1) is 0 Å². The van der Waals surface area contributed by atoms with Crippen molar-refractivity contribution in [3.8, 4) is 11.5 Å². The van der Waals surface area contributed by atoms with Crippen LogP contribution in [-0.2, 0) is 16.8 Å². The largest absolute Gasteiger partial charge is 0.493 e. The predicted octanol–water partition coefficient (Wildman–Crippen LogP) is 3.22. The number of hydrogen-bond donors (Lipinski definition) is 1. The molecule has 2 aliphatic rings. The molecule has 0 aliphatic carbocycles. The van der Waals surface area contributed by atoms with Gasteiger partial charge >= 0.3 is 0 Å². The Morgan fingerprint density at radius 1 is 1.13 bits per heavy atom. The van der Waals surface area contributed by atoms with Crippen LogP contribution in [-0.4, -0.2) is 49.7 Å². The lowest BCUT2D eigenvalue weighted by molar-refractivity contribution is -0.0936. The summed E-state index contributed by atoms with van der Waals surface area (Å²) in [4.78, 5) is 29.7. The maximum atomic E-state index is 13.3. The number of aromatic amines is 1. The number of nitrogens with one attached hydrogen (secondary N) is 1. The van der Waals surface area contributed by atoms with Crippen LogP contribution in [0.3, 0.4) is 0 Å². The van der Waals surface area contributed by atoms with E-state index in [9.17, 15) is 9.59 Å². The van der Waals surface area contributed by atoms with Gasteiger partial charge in [0.1, 0.15) is 0 Å². The number of hydrogen-bond acceptors (Lipinski definition) is 5. The molecule has 2 aliphatic heterocycles. The molecule has 0 saturated carbocycles. The van der Waals surface area contributed by atoms with Gasteiger partial charge in [0.15, 0.2) is 11.5 Å². The van der Waals surface area contributed by atoms with E-state index < -0.39 is 5.60 Å². The van der Waals surface area contributed by atoms with Crippen LogP contribution in [0, 0.1) is 0 Å². The number of carbonyl (C=O) groups excluding carboxylic acids is 1. The Balaban J connectivity index is 1.59. The monoisotopic (exact) mass is 426 g/mol. The highest BCUT2D eigenvalue weighted by molar-refractivity contribution is 5.95. The van der Waals surface area contributed by atoms with E-state index in [-0.39, 0.29) is 17.4 Å². The molecule has 1 aromatic heterocycles. The average Bonchev–Trinajstić information content (AvgIpc) is 2.78. The summed E-state index contributed by atoms with van der Waals surface area (Å²) >= 11 is 0. The lowest BCUT2D eigenvalue weighted by Crippen LogP contribution is -2.48. The fourth-order valence-corrected chi connectivity index (χ4v) is 4.77. The number of aromatic nitrogens is 1. The Morgan fingerprint density at radius 2 is 1.81 bits per heavy atom. The number of benzene rings is 1. The van der Waals surface area contributed by atoms with Crippen LogP contribution < -0.4 is 15.0 Å². The zero-order chi connectivity index (χ0) is 22.2. The van der Waals surface area contributed by atoms with E-state index in [1.165, 1.54) is 11.6 Å². The number of methoxy groups -OCH3 is 2. The Bertz CT molecular complexity index is 1030. The zero-order valence-electron chi connectivity index (χ0n) is 18.6. The van der Waals surface area contributed by atoms with Gasteiger partial charge in [-0.3, -0.25) is 9.59 Å². The first-order valence-electron chi connectivity index (χ1n) is 10.8. The summed E-state index contributed by atoms with van der Waals surface area (Å²) in [7, 11) is 3.28. The van der Waals surface area contributed by atoms with Crippen molar-refractivity contribution in [3.05, 3.63) is 57.0 Å². The number of amides is 1. The molecule has 1 amide bonds. The molecule has 0 radical (unpaired) electrons. The number of rotatable bonds is 4. The third kappa shape index (κ3) is 3.82. The highest BCUT2D eigenvalue weighted by Gasteiger charge is 2.42. The van der Waals surface area contributed by atoms with Gasteiger partial charge in [-0.2, -0.15) is 0 Å². The third-order valence-corrected chi connectivity index (χ3v) is 6.47. The molecule has 1 aromatic carbocycles. The number of piperidine rings is 1. The van der Waals surface area contributed by atoms with E-state index in [2.05, 4.69) is 4.98 Å². The first kappa shape index (κ1) is 21.4. The maximum Gasteiger partial charge on any atom is 0.255 e. The van der Waals surface area contributed by atoms with Crippen molar-refractivity contribution >= 4 is 5.91 Å². The van der Waals surface area contributed by atoms with Crippen molar-refractivity contribution in [1.29, 1.82) is 0 Å². The molecule has 1 saturated heterocycles. The number of fused-ring (bicyclic) bond motifs is 2. The van der Waals surface area contributed by atoms with Crippen LogP contribution in [0.15, 0.2) is 29.1 Å². The lowest BCUT2D eigenvalue weighted by atomic mass is 9.79. The Hall–Kier alpha value is -2.80. The zero-order valence-corrected chi connectivity index (χ0v) is 18.6. The number of H-pyrrole nitrogens is 1. The number of pyridine rings is 1. The van der Waals surface area contributed by atoms with Crippen molar-refractivity contribution < 1.29 is 19.0 Å². The summed E-state index contributed by atoms with van der Waals surface area (Å²) in [6.45, 7) is 5.77. The molecular formula is C24H30N2O5. The normalized spacial score (nSPS) is 17.5. The Labute approximate surface area is 182 Å². The second-order valence-electron chi connectivity index (χ2n) is 8.55. The van der Waals surface area contributed by atoms with Gasteiger partial charge in [0.2, 0.25) is 5.56 Å². The van der Waals surface area contributed by atoms with Crippen LogP contribution >= 0.6 is 0 Å². The van der Waals surface area contributed by atoms with E-state index in [1.54, 1.807) is 20.3 Å². The topological polar surface area (TPSA) is 80.9 Å². The lowest BCUT2D eigenvalue weighted by Gasteiger charge is -2.45. The molecule has 1 fully saturated rings. The number of ether oxygens (including phenoxy) is 3. The Morgan fingerprint density at radius 3 is 2.45 bits per heavy atom. The molecule has 166 valence electrons. The summed E-state index contributed by atoms with van der Waals surface area (Å²) in [5, 5.41) is 0. The van der Waals surface area contributed by atoms with Gasteiger partial charge in [0.25, 0.3) is 5.91 Å². The van der Waals surface area contributed by atoms with Crippen molar-refractivity contribution in [2.45, 2.75) is 44.6 Å². The number of carbonyl (C=O) groups is 1. The molecule has 1 N–H and O–H groups in total. The third-order valence-electron chi connectivity index (χ3n) is 6.47. The number of nitrogens with zero attached hydrogens (tertiary/aromatic N) is 1. The summed E-state index contributed by atoms with van der Waals surface area (Å²) < 4.78 is 17.3. The van der Waals surface area contributed by atoms with Crippen LogP contribution in [0.25, 0.3) is 0 Å².